The molecule has 1 atom stereocenters. The third kappa shape index (κ3) is 10.0. The van der Waals surface area contributed by atoms with Gasteiger partial charge >= 0.3 is 24.3 Å². The van der Waals surface area contributed by atoms with Gasteiger partial charge in [0.25, 0.3) is 5.91 Å². The summed E-state index contributed by atoms with van der Waals surface area (Å²) in [6.45, 7) is 4.83. The lowest BCUT2D eigenvalue weighted by molar-refractivity contribution is -0.193. The molecule has 2 fully saturated rings. The Hall–Kier alpha value is -3.88. The van der Waals surface area contributed by atoms with E-state index in [-0.39, 0.29) is 11.3 Å². The molecule has 15 heteroatoms. The van der Waals surface area contributed by atoms with Crippen LogP contribution in [0.15, 0.2) is 54.9 Å². The van der Waals surface area contributed by atoms with E-state index in [2.05, 4.69) is 34.1 Å². The summed E-state index contributed by atoms with van der Waals surface area (Å²) in [6.07, 6.45) is -4.70. The average molecular weight is 579 g/mol. The van der Waals surface area contributed by atoms with Crippen molar-refractivity contribution in [1.29, 1.82) is 0 Å². The summed E-state index contributed by atoms with van der Waals surface area (Å²) in [4.78, 5) is 39.1. The molecular weight excluding hydrogens is 552 g/mol. The van der Waals surface area contributed by atoms with Gasteiger partial charge in [-0.15, -0.1) is 0 Å². The monoisotopic (exact) mass is 579 g/mol. The first kappa shape index (κ1) is 32.3. The second kappa shape index (κ2) is 14.0. The molecule has 1 aromatic carbocycles. The molecule has 220 valence electrons. The van der Waals surface area contributed by atoms with Gasteiger partial charge in [0.1, 0.15) is 0 Å². The molecule has 2 N–H and O–H groups in total. The molecule has 2 aliphatic heterocycles. The van der Waals surface area contributed by atoms with E-state index in [4.69, 9.17) is 24.5 Å². The normalized spacial score (nSPS) is 19.4. The predicted molar refractivity (Wildman–Crippen MR) is 129 cm³/mol. The number of aliphatic carboxylic acids is 2. The molecule has 2 aliphatic rings. The number of likely N-dealkylation sites (tertiary alicyclic amines) is 1. The van der Waals surface area contributed by atoms with Crippen LogP contribution in [0.5, 0.6) is 0 Å². The summed E-state index contributed by atoms with van der Waals surface area (Å²) in [5.74, 6) is -5.41. The van der Waals surface area contributed by atoms with Gasteiger partial charge < -0.3 is 24.7 Å². The fraction of sp³-hybridized carbons (Fsp3) is 0.440. The Balaban J connectivity index is 0.000000333. The summed E-state index contributed by atoms with van der Waals surface area (Å²) in [7, 11) is 0. The quantitative estimate of drug-likeness (QED) is 0.511. The van der Waals surface area contributed by atoms with E-state index in [1.165, 1.54) is 5.69 Å². The van der Waals surface area contributed by atoms with Gasteiger partial charge in [0, 0.05) is 55.2 Å². The molecule has 1 aromatic heterocycles. The van der Waals surface area contributed by atoms with Gasteiger partial charge in [0.15, 0.2) is 0 Å². The number of rotatable bonds is 2. The van der Waals surface area contributed by atoms with Crippen LogP contribution in [0, 0.1) is 5.41 Å². The molecule has 1 spiro atoms. The molecule has 1 unspecified atom stereocenters. The maximum Gasteiger partial charge on any atom is 0.490 e. The molecule has 40 heavy (non-hydrogen) atoms. The van der Waals surface area contributed by atoms with E-state index in [9.17, 15) is 31.1 Å². The fourth-order valence-corrected chi connectivity index (χ4v) is 4.16. The number of piperidine rings is 1. The number of ether oxygens (including phenoxy) is 1. The van der Waals surface area contributed by atoms with Crippen molar-refractivity contribution in [1.82, 2.24) is 9.88 Å². The van der Waals surface area contributed by atoms with Crippen molar-refractivity contribution >= 4 is 23.5 Å². The first-order valence-corrected chi connectivity index (χ1v) is 11.8. The topological polar surface area (TPSA) is 120 Å². The molecule has 1 amide bonds. The van der Waals surface area contributed by atoms with Crippen molar-refractivity contribution in [2.24, 2.45) is 5.41 Å². The van der Waals surface area contributed by atoms with Crippen LogP contribution in [0.25, 0.3) is 0 Å². The Labute approximate surface area is 225 Å². The SMILES string of the molecule is O=C(O)C(F)(F)F.O=C(O)C(F)(F)F.O=C(c1ccncc1)N1CCCC2(COCCN(c3ccccc3)C2)C1. The number of benzene rings is 1. The molecule has 0 bridgehead atoms. The molecule has 2 saturated heterocycles. The highest BCUT2D eigenvalue weighted by atomic mass is 19.4. The summed E-state index contributed by atoms with van der Waals surface area (Å²) < 4.78 is 69.5. The van der Waals surface area contributed by atoms with Crippen molar-refractivity contribution in [2.75, 3.05) is 44.3 Å². The minimum atomic E-state index is -5.08. The number of carbonyl (C=O) groups is 3. The lowest BCUT2D eigenvalue weighted by Crippen LogP contribution is -2.52. The zero-order valence-electron chi connectivity index (χ0n) is 21.0. The fourth-order valence-electron chi connectivity index (χ4n) is 4.16. The lowest BCUT2D eigenvalue weighted by Gasteiger charge is -2.44. The maximum absolute atomic E-state index is 12.9. The van der Waals surface area contributed by atoms with Gasteiger partial charge in [0.2, 0.25) is 0 Å². The van der Waals surface area contributed by atoms with Crippen LogP contribution in [0.4, 0.5) is 32.0 Å². The number of amides is 1. The number of alkyl halides is 6. The molecule has 0 aliphatic carbocycles. The van der Waals surface area contributed by atoms with Crippen molar-refractivity contribution in [2.45, 2.75) is 25.2 Å². The zero-order valence-corrected chi connectivity index (χ0v) is 21.0. The lowest BCUT2D eigenvalue weighted by atomic mass is 9.79. The highest BCUT2D eigenvalue weighted by Gasteiger charge is 2.41. The van der Waals surface area contributed by atoms with Crippen molar-refractivity contribution in [3.05, 3.63) is 60.4 Å². The smallest absolute Gasteiger partial charge is 0.475 e. The first-order valence-electron chi connectivity index (χ1n) is 11.8. The van der Waals surface area contributed by atoms with Gasteiger partial charge in [-0.3, -0.25) is 9.78 Å². The molecule has 3 heterocycles. The highest BCUT2D eigenvalue weighted by molar-refractivity contribution is 5.94. The van der Waals surface area contributed by atoms with E-state index in [1.807, 2.05) is 11.0 Å². The van der Waals surface area contributed by atoms with Gasteiger partial charge in [-0.1, -0.05) is 18.2 Å². The Morgan fingerprint density at radius 3 is 1.93 bits per heavy atom. The molecule has 4 rings (SSSR count). The van der Waals surface area contributed by atoms with E-state index < -0.39 is 24.3 Å². The van der Waals surface area contributed by atoms with Crippen molar-refractivity contribution in [3.63, 3.8) is 0 Å². The van der Waals surface area contributed by atoms with Crippen molar-refractivity contribution < 1.29 is 55.7 Å². The largest absolute Gasteiger partial charge is 0.490 e. The number of nitrogens with zero attached hydrogens (tertiary/aromatic N) is 3. The summed E-state index contributed by atoms with van der Waals surface area (Å²) >= 11 is 0. The molecule has 0 saturated carbocycles. The third-order valence-corrected chi connectivity index (χ3v) is 5.92. The van der Waals surface area contributed by atoms with Crippen LogP contribution in [0.3, 0.4) is 0 Å². The zero-order chi connectivity index (χ0) is 30.0. The molecule has 0 radical (unpaired) electrons. The number of hydrogen-bond acceptors (Lipinski definition) is 6. The predicted octanol–water partition coefficient (Wildman–Crippen LogP) is 4.11. The number of carbonyl (C=O) groups excluding carboxylic acids is 1. The van der Waals surface area contributed by atoms with Gasteiger partial charge in [-0.2, -0.15) is 26.3 Å². The third-order valence-electron chi connectivity index (χ3n) is 5.92. The second-order valence-corrected chi connectivity index (χ2v) is 8.98. The van der Waals surface area contributed by atoms with Crippen LogP contribution < -0.4 is 4.90 Å². The first-order chi connectivity index (χ1) is 18.6. The number of hydrogen-bond donors (Lipinski definition) is 2. The standard InChI is InChI=1S/C21H25N3O2.2C2HF3O2/c25-20(18-7-10-22-11-8-18)24-12-4-9-21(16-24)15-23(13-14-26-17-21)19-5-2-1-3-6-19;2*3-2(4,5)1(6)7/h1-3,5-8,10-11H,4,9,12-17H2;2*(H,6,7). The number of halogens is 6. The van der Waals surface area contributed by atoms with Gasteiger partial charge in [-0.25, -0.2) is 9.59 Å². The number of pyridine rings is 1. The van der Waals surface area contributed by atoms with E-state index in [1.54, 1.807) is 24.5 Å². The molecular formula is C25H27F6N3O6. The minimum absolute atomic E-state index is 0.00666. The highest BCUT2D eigenvalue weighted by Crippen LogP contribution is 2.35. The average Bonchev–Trinajstić information content (AvgIpc) is 3.11. The van der Waals surface area contributed by atoms with Crippen LogP contribution >= 0.6 is 0 Å². The number of aromatic nitrogens is 1. The van der Waals surface area contributed by atoms with Crippen LogP contribution in [-0.4, -0.2) is 89.7 Å². The van der Waals surface area contributed by atoms with Crippen LogP contribution in [0.1, 0.15) is 23.2 Å². The Morgan fingerprint density at radius 2 is 1.40 bits per heavy atom. The Bertz CT molecular complexity index is 1090. The molecule has 2 aromatic rings. The Morgan fingerprint density at radius 1 is 0.850 bits per heavy atom. The van der Waals surface area contributed by atoms with Gasteiger partial charge in [-0.05, 0) is 37.1 Å². The van der Waals surface area contributed by atoms with Crippen molar-refractivity contribution in [3.8, 4) is 0 Å². The van der Waals surface area contributed by atoms with E-state index >= 15 is 0 Å². The second-order valence-electron chi connectivity index (χ2n) is 8.98. The number of carboxylic acids is 2. The number of anilines is 1. The summed E-state index contributed by atoms with van der Waals surface area (Å²) in [5.41, 5.74) is 1.94. The summed E-state index contributed by atoms with van der Waals surface area (Å²) in [6, 6.07) is 14.1. The van der Waals surface area contributed by atoms with E-state index in [0.29, 0.717) is 5.56 Å². The van der Waals surface area contributed by atoms with E-state index in [0.717, 1.165) is 52.2 Å². The number of carboxylic acid groups (broad SMARTS) is 2. The Kier molecular flexibility index (Phi) is 11.3. The van der Waals surface area contributed by atoms with Gasteiger partial charge in [0.05, 0.1) is 13.2 Å². The molecule has 9 nitrogen and oxygen atoms in total. The maximum atomic E-state index is 12.9. The minimum Gasteiger partial charge on any atom is -0.475 e. The van der Waals surface area contributed by atoms with Crippen LogP contribution in [-0.2, 0) is 14.3 Å². The summed E-state index contributed by atoms with van der Waals surface area (Å²) in [5, 5.41) is 14.2. The van der Waals surface area contributed by atoms with Crippen LogP contribution in [0.2, 0.25) is 0 Å². The number of para-hydroxylation sites is 1.